The van der Waals surface area contributed by atoms with Crippen LogP contribution in [-0.4, -0.2) is 51.8 Å². The summed E-state index contributed by atoms with van der Waals surface area (Å²) in [5.74, 6) is -0.607. The number of alkyl carbamates (subject to hydrolysis) is 1. The van der Waals surface area contributed by atoms with Crippen LogP contribution in [0.1, 0.15) is 79.0 Å². The lowest BCUT2D eigenvalue weighted by atomic mass is 9.97. The van der Waals surface area contributed by atoms with Crippen LogP contribution in [0, 0.1) is 6.92 Å². The van der Waals surface area contributed by atoms with E-state index in [1.54, 1.807) is 25.7 Å². The molecule has 0 aromatic heterocycles. The van der Waals surface area contributed by atoms with Gasteiger partial charge < -0.3 is 20.3 Å². The van der Waals surface area contributed by atoms with Crippen LogP contribution < -0.4 is 10.6 Å². The third-order valence-electron chi connectivity index (χ3n) is 4.87. The average molecular weight is 480 g/mol. The van der Waals surface area contributed by atoms with Gasteiger partial charge in [0.25, 0.3) is 0 Å². The van der Waals surface area contributed by atoms with E-state index in [2.05, 4.69) is 23.3 Å². The van der Waals surface area contributed by atoms with Crippen LogP contribution in [0.4, 0.5) is 4.79 Å². The van der Waals surface area contributed by atoms with Crippen LogP contribution in [0.2, 0.25) is 0 Å². The third kappa shape index (κ3) is 9.27. The summed E-state index contributed by atoms with van der Waals surface area (Å²) in [5, 5.41) is 5.64. The minimum Gasteiger partial charge on any atom is -0.444 e. The van der Waals surface area contributed by atoms with E-state index in [0.29, 0.717) is 12.0 Å². The SMILES string of the molecule is CCC(C)N(C(=O)C(CS)NC(=O)OC(C)(C)C)C(C(=O)NC(C)(C)C)c1cccc(C)c1. The van der Waals surface area contributed by atoms with Crippen LogP contribution in [0.25, 0.3) is 0 Å². The fourth-order valence-electron chi connectivity index (χ4n) is 3.33. The van der Waals surface area contributed by atoms with E-state index in [4.69, 9.17) is 4.74 Å². The molecule has 8 heteroatoms. The summed E-state index contributed by atoms with van der Waals surface area (Å²) in [4.78, 5) is 41.2. The van der Waals surface area contributed by atoms with Crippen molar-refractivity contribution in [3.05, 3.63) is 35.4 Å². The van der Waals surface area contributed by atoms with Gasteiger partial charge in [0.1, 0.15) is 17.7 Å². The highest BCUT2D eigenvalue weighted by Crippen LogP contribution is 2.27. The van der Waals surface area contributed by atoms with E-state index in [9.17, 15) is 14.4 Å². The lowest BCUT2D eigenvalue weighted by molar-refractivity contribution is -0.145. The van der Waals surface area contributed by atoms with Crippen molar-refractivity contribution < 1.29 is 19.1 Å². The summed E-state index contributed by atoms with van der Waals surface area (Å²) in [6.45, 7) is 16.7. The Morgan fingerprint density at radius 1 is 1.12 bits per heavy atom. The largest absolute Gasteiger partial charge is 0.444 e. The molecular formula is C25H41N3O4S. The Labute approximate surface area is 204 Å². The minimum atomic E-state index is -0.952. The van der Waals surface area contributed by atoms with Crippen LogP contribution in [0.3, 0.4) is 0 Å². The molecule has 1 aromatic rings. The maximum atomic E-state index is 13.8. The Kier molecular flexibility index (Phi) is 10.3. The molecule has 0 aliphatic heterocycles. The lowest BCUT2D eigenvalue weighted by Crippen LogP contribution is -2.57. The molecule has 7 nitrogen and oxygen atoms in total. The second kappa shape index (κ2) is 11.8. The third-order valence-corrected chi connectivity index (χ3v) is 5.24. The highest BCUT2D eigenvalue weighted by Gasteiger charge is 2.39. The number of carbonyl (C=O) groups is 3. The Balaban J connectivity index is 3.46. The summed E-state index contributed by atoms with van der Waals surface area (Å²) in [5.41, 5.74) is 0.499. The molecule has 2 N–H and O–H groups in total. The maximum Gasteiger partial charge on any atom is 0.408 e. The van der Waals surface area contributed by atoms with E-state index >= 15 is 0 Å². The molecule has 0 saturated carbocycles. The molecule has 0 aliphatic carbocycles. The molecule has 33 heavy (non-hydrogen) atoms. The first kappa shape index (κ1) is 28.8. The van der Waals surface area contributed by atoms with Gasteiger partial charge in [-0.25, -0.2) is 4.79 Å². The van der Waals surface area contributed by atoms with Crippen molar-refractivity contribution in [2.24, 2.45) is 0 Å². The Bertz CT molecular complexity index is 830. The topological polar surface area (TPSA) is 87.7 Å². The summed E-state index contributed by atoms with van der Waals surface area (Å²) in [6, 6.07) is 5.48. The van der Waals surface area contributed by atoms with E-state index in [0.717, 1.165) is 5.56 Å². The number of benzene rings is 1. The summed E-state index contributed by atoms with van der Waals surface area (Å²) in [7, 11) is 0. The van der Waals surface area contributed by atoms with Gasteiger partial charge in [-0.1, -0.05) is 36.8 Å². The van der Waals surface area contributed by atoms with E-state index in [1.165, 1.54) is 0 Å². The first-order chi connectivity index (χ1) is 15.1. The molecule has 0 radical (unpaired) electrons. The Morgan fingerprint density at radius 2 is 1.73 bits per heavy atom. The van der Waals surface area contributed by atoms with E-state index in [-0.39, 0.29) is 23.6 Å². The van der Waals surface area contributed by atoms with Crippen LogP contribution in [0.5, 0.6) is 0 Å². The number of aryl methyl sites for hydroxylation is 1. The van der Waals surface area contributed by atoms with Crippen molar-refractivity contribution in [1.82, 2.24) is 15.5 Å². The zero-order valence-electron chi connectivity index (χ0n) is 21.5. The number of rotatable bonds is 8. The molecule has 3 unspecified atom stereocenters. The number of hydrogen-bond donors (Lipinski definition) is 3. The molecule has 0 fully saturated rings. The molecule has 0 bridgehead atoms. The second-order valence-electron chi connectivity index (χ2n) is 10.4. The summed E-state index contributed by atoms with van der Waals surface area (Å²) in [6.07, 6.45) is -0.0759. The first-order valence-electron chi connectivity index (χ1n) is 11.4. The van der Waals surface area contributed by atoms with Gasteiger partial charge in [0.15, 0.2) is 0 Å². The zero-order valence-corrected chi connectivity index (χ0v) is 22.4. The van der Waals surface area contributed by atoms with Gasteiger partial charge in [-0.15, -0.1) is 0 Å². The predicted molar refractivity (Wildman–Crippen MR) is 135 cm³/mol. The standard InChI is InChI=1S/C25H41N3O4S/c1-10-17(3)28(22(30)19(15-33)26-23(31)32-25(7,8)9)20(21(29)27-24(4,5)6)18-13-11-12-16(2)14-18/h11-14,17,19-20,33H,10,15H2,1-9H3,(H,26,31)(H,27,29). The molecular weight excluding hydrogens is 438 g/mol. The number of nitrogens with one attached hydrogen (secondary N) is 2. The van der Waals surface area contributed by atoms with Gasteiger partial charge in [-0.05, 0) is 67.4 Å². The molecule has 1 aromatic carbocycles. The van der Waals surface area contributed by atoms with Crippen molar-refractivity contribution in [2.45, 2.75) is 98.0 Å². The zero-order chi connectivity index (χ0) is 25.6. The fourth-order valence-corrected chi connectivity index (χ4v) is 3.57. The normalized spacial score (nSPS) is 14.6. The minimum absolute atomic E-state index is 0.0619. The number of nitrogens with zero attached hydrogens (tertiary/aromatic N) is 1. The van der Waals surface area contributed by atoms with Gasteiger partial charge >= 0.3 is 6.09 Å². The van der Waals surface area contributed by atoms with Crippen LogP contribution in [-0.2, 0) is 14.3 Å². The number of hydrogen-bond acceptors (Lipinski definition) is 5. The molecule has 186 valence electrons. The molecule has 0 aliphatic rings. The number of ether oxygens (including phenoxy) is 1. The van der Waals surface area contributed by atoms with E-state index < -0.39 is 29.3 Å². The highest BCUT2D eigenvalue weighted by molar-refractivity contribution is 7.80. The predicted octanol–water partition coefficient (Wildman–Crippen LogP) is 4.40. The highest BCUT2D eigenvalue weighted by atomic mass is 32.1. The molecule has 0 saturated heterocycles. The van der Waals surface area contributed by atoms with Crippen molar-refractivity contribution in [1.29, 1.82) is 0 Å². The quantitative estimate of drug-likeness (QED) is 0.482. The maximum absolute atomic E-state index is 13.8. The number of thiol groups is 1. The number of amides is 3. The van der Waals surface area contributed by atoms with Gasteiger partial charge in [0.2, 0.25) is 11.8 Å². The first-order valence-corrected chi connectivity index (χ1v) is 12.0. The fraction of sp³-hybridized carbons (Fsp3) is 0.640. The lowest BCUT2D eigenvalue weighted by Gasteiger charge is -2.39. The van der Waals surface area contributed by atoms with Crippen LogP contribution >= 0.6 is 12.6 Å². The van der Waals surface area contributed by atoms with E-state index in [1.807, 2.05) is 65.8 Å². The van der Waals surface area contributed by atoms with Gasteiger partial charge in [-0.2, -0.15) is 12.6 Å². The average Bonchev–Trinajstić information content (AvgIpc) is 2.66. The Morgan fingerprint density at radius 3 is 2.18 bits per heavy atom. The van der Waals surface area contributed by atoms with Crippen molar-refractivity contribution in [3.8, 4) is 0 Å². The smallest absolute Gasteiger partial charge is 0.408 e. The summed E-state index contributed by atoms with van der Waals surface area (Å²) < 4.78 is 5.33. The monoisotopic (exact) mass is 479 g/mol. The molecule has 3 amide bonds. The van der Waals surface area contributed by atoms with Crippen molar-refractivity contribution in [2.75, 3.05) is 5.75 Å². The summed E-state index contributed by atoms with van der Waals surface area (Å²) >= 11 is 4.31. The second-order valence-corrected chi connectivity index (χ2v) is 10.8. The van der Waals surface area contributed by atoms with Crippen molar-refractivity contribution >= 4 is 30.5 Å². The van der Waals surface area contributed by atoms with Gasteiger partial charge in [0.05, 0.1) is 0 Å². The van der Waals surface area contributed by atoms with Crippen LogP contribution in [0.15, 0.2) is 24.3 Å². The molecule has 0 heterocycles. The Hall–Kier alpha value is -2.22. The number of carbonyl (C=O) groups excluding carboxylic acids is 3. The van der Waals surface area contributed by atoms with Gasteiger partial charge in [-0.3, -0.25) is 9.59 Å². The molecule has 0 spiro atoms. The van der Waals surface area contributed by atoms with Crippen molar-refractivity contribution in [3.63, 3.8) is 0 Å². The molecule has 1 rings (SSSR count). The molecule has 3 atom stereocenters. The van der Waals surface area contributed by atoms with Gasteiger partial charge in [0, 0.05) is 17.3 Å².